The number of fused-ring (bicyclic) bond motifs is 4. The first-order valence-corrected chi connectivity index (χ1v) is 11.6. The van der Waals surface area contributed by atoms with Gasteiger partial charge in [0.25, 0.3) is 5.91 Å². The maximum Gasteiger partial charge on any atom is 0.253 e. The Kier molecular flexibility index (Phi) is 4.74. The van der Waals surface area contributed by atoms with Crippen LogP contribution in [0.5, 0.6) is 11.5 Å². The number of anilines is 2. The van der Waals surface area contributed by atoms with Gasteiger partial charge in [-0.3, -0.25) is 19.1 Å². The fraction of sp³-hybridized carbons (Fsp3) is 0.400. The highest BCUT2D eigenvalue weighted by Gasteiger charge is 2.45. The number of carbonyl (C=O) groups excluding carboxylic acids is 2. The zero-order valence-corrected chi connectivity index (χ0v) is 18.5. The van der Waals surface area contributed by atoms with Crippen molar-refractivity contribution in [3.63, 3.8) is 0 Å². The van der Waals surface area contributed by atoms with E-state index in [0.29, 0.717) is 29.1 Å². The summed E-state index contributed by atoms with van der Waals surface area (Å²) in [5.74, 6) is 2.06. The molecule has 0 spiro atoms. The summed E-state index contributed by atoms with van der Waals surface area (Å²) < 4.78 is 12.7. The van der Waals surface area contributed by atoms with E-state index in [0.717, 1.165) is 30.3 Å². The van der Waals surface area contributed by atoms with Crippen molar-refractivity contribution < 1.29 is 19.1 Å². The monoisotopic (exact) mass is 446 g/mol. The lowest BCUT2D eigenvalue weighted by Gasteiger charge is -2.35. The van der Waals surface area contributed by atoms with Crippen LogP contribution in [0.25, 0.3) is 11.0 Å². The number of aromatic nitrogens is 2. The molecule has 1 aliphatic carbocycles. The van der Waals surface area contributed by atoms with Crippen LogP contribution >= 0.6 is 0 Å². The number of nitrogens with zero attached hydrogens (tertiary/aromatic N) is 3. The Hall–Kier alpha value is -3.55. The van der Waals surface area contributed by atoms with Crippen molar-refractivity contribution in [1.82, 2.24) is 9.55 Å². The molecule has 0 radical (unpaired) electrons. The molecule has 0 bridgehead atoms. The Morgan fingerprint density at radius 2 is 1.94 bits per heavy atom. The minimum atomic E-state index is -0.615. The zero-order valence-electron chi connectivity index (χ0n) is 18.5. The summed E-state index contributed by atoms with van der Waals surface area (Å²) in [6.45, 7) is 2.39. The van der Waals surface area contributed by atoms with Gasteiger partial charge >= 0.3 is 0 Å². The lowest BCUT2D eigenvalue weighted by atomic mass is 9.85. The van der Waals surface area contributed by atoms with E-state index in [1.54, 1.807) is 18.2 Å². The SMILES string of the molecule is C[C@H]1CCCC[C@@H]1N1C(=O)[C@@H](CC(=O)Nc2ccc3c(c2)OCO3)n2c1nc1ccccc12. The van der Waals surface area contributed by atoms with Gasteiger partial charge in [0, 0.05) is 17.8 Å². The minimum absolute atomic E-state index is 0.0390. The van der Waals surface area contributed by atoms with Crippen LogP contribution < -0.4 is 19.7 Å². The standard InChI is InChI=1S/C25H26N4O4/c1-15-6-2-4-8-18(15)29-24(31)20(28-19-9-5-3-7-17(19)27-25(28)29)13-23(30)26-16-10-11-21-22(12-16)33-14-32-21/h3,5,7,9-12,15,18,20H,2,4,6,8,13-14H2,1H3,(H,26,30)/t15-,18-,20+/m0/s1. The number of benzene rings is 2. The summed E-state index contributed by atoms with van der Waals surface area (Å²) in [4.78, 5) is 33.4. The molecule has 2 aliphatic heterocycles. The molecular formula is C25H26N4O4. The van der Waals surface area contributed by atoms with Crippen LogP contribution in [-0.4, -0.2) is 34.2 Å². The van der Waals surface area contributed by atoms with E-state index in [4.69, 9.17) is 14.5 Å². The van der Waals surface area contributed by atoms with E-state index >= 15 is 0 Å². The van der Waals surface area contributed by atoms with Crippen molar-refractivity contribution in [2.75, 3.05) is 17.0 Å². The minimum Gasteiger partial charge on any atom is -0.454 e. The lowest BCUT2D eigenvalue weighted by molar-refractivity contribution is -0.125. The zero-order chi connectivity index (χ0) is 22.5. The van der Waals surface area contributed by atoms with Crippen LogP contribution in [0.1, 0.15) is 45.1 Å². The van der Waals surface area contributed by atoms with E-state index in [1.807, 2.05) is 33.7 Å². The van der Waals surface area contributed by atoms with Crippen LogP contribution in [0.15, 0.2) is 42.5 Å². The molecule has 1 aromatic heterocycles. The molecule has 8 heteroatoms. The first kappa shape index (κ1) is 20.1. The largest absolute Gasteiger partial charge is 0.454 e. The van der Waals surface area contributed by atoms with Crippen molar-refractivity contribution in [3.8, 4) is 11.5 Å². The van der Waals surface area contributed by atoms with Gasteiger partial charge in [-0.1, -0.05) is 31.9 Å². The summed E-state index contributed by atoms with van der Waals surface area (Å²) in [6.07, 6.45) is 4.40. The van der Waals surface area contributed by atoms with Crippen molar-refractivity contribution in [2.24, 2.45) is 5.92 Å². The molecule has 2 aromatic carbocycles. The van der Waals surface area contributed by atoms with E-state index in [-0.39, 0.29) is 31.1 Å². The number of imidazole rings is 1. The average molecular weight is 447 g/mol. The molecule has 3 heterocycles. The second-order valence-electron chi connectivity index (χ2n) is 9.14. The Morgan fingerprint density at radius 1 is 1.12 bits per heavy atom. The number of rotatable bonds is 4. The van der Waals surface area contributed by atoms with Crippen molar-refractivity contribution in [1.29, 1.82) is 0 Å². The van der Waals surface area contributed by atoms with Gasteiger partial charge in [0.1, 0.15) is 6.04 Å². The van der Waals surface area contributed by atoms with Crippen molar-refractivity contribution in [3.05, 3.63) is 42.5 Å². The molecule has 170 valence electrons. The van der Waals surface area contributed by atoms with Gasteiger partial charge < -0.3 is 14.8 Å². The van der Waals surface area contributed by atoms with Crippen LogP contribution in [0.4, 0.5) is 11.6 Å². The third kappa shape index (κ3) is 3.32. The fourth-order valence-electron chi connectivity index (χ4n) is 5.41. The predicted octanol–water partition coefficient (Wildman–Crippen LogP) is 4.26. The second-order valence-corrected chi connectivity index (χ2v) is 9.14. The highest BCUT2D eigenvalue weighted by Crippen LogP contribution is 2.41. The molecule has 33 heavy (non-hydrogen) atoms. The molecule has 1 N–H and O–H groups in total. The molecule has 0 saturated heterocycles. The summed E-state index contributed by atoms with van der Waals surface area (Å²) in [5, 5.41) is 2.91. The number of carbonyl (C=O) groups is 2. The van der Waals surface area contributed by atoms with Gasteiger partial charge in [-0.2, -0.15) is 0 Å². The Morgan fingerprint density at radius 3 is 2.82 bits per heavy atom. The van der Waals surface area contributed by atoms with Crippen LogP contribution in [0.3, 0.4) is 0 Å². The fourth-order valence-corrected chi connectivity index (χ4v) is 5.41. The van der Waals surface area contributed by atoms with Gasteiger partial charge in [-0.05, 0) is 43.0 Å². The first-order valence-electron chi connectivity index (χ1n) is 11.6. The van der Waals surface area contributed by atoms with Gasteiger partial charge in [0.05, 0.1) is 17.5 Å². The highest BCUT2D eigenvalue weighted by molar-refractivity contribution is 6.05. The molecule has 3 aromatic rings. The molecule has 1 fully saturated rings. The van der Waals surface area contributed by atoms with E-state index in [2.05, 4.69) is 12.2 Å². The number of amides is 2. The van der Waals surface area contributed by atoms with Crippen molar-refractivity contribution in [2.45, 2.75) is 51.1 Å². The van der Waals surface area contributed by atoms with Crippen LogP contribution in [0.2, 0.25) is 0 Å². The summed E-state index contributed by atoms with van der Waals surface area (Å²) >= 11 is 0. The highest BCUT2D eigenvalue weighted by atomic mass is 16.7. The number of hydrogen-bond donors (Lipinski definition) is 1. The summed E-state index contributed by atoms with van der Waals surface area (Å²) in [6, 6.07) is 12.6. The maximum absolute atomic E-state index is 13.7. The second kappa shape index (κ2) is 7.79. The molecule has 8 nitrogen and oxygen atoms in total. The normalized spacial score (nSPS) is 23.7. The Labute approximate surface area is 191 Å². The van der Waals surface area contributed by atoms with E-state index in [1.165, 1.54) is 6.42 Å². The topological polar surface area (TPSA) is 85.7 Å². The number of ether oxygens (including phenoxy) is 2. The number of hydrogen-bond acceptors (Lipinski definition) is 5. The molecular weight excluding hydrogens is 420 g/mol. The average Bonchev–Trinajstić information content (AvgIpc) is 3.49. The van der Waals surface area contributed by atoms with Gasteiger partial charge in [-0.25, -0.2) is 4.98 Å². The van der Waals surface area contributed by atoms with Crippen LogP contribution in [0, 0.1) is 5.92 Å². The summed E-state index contributed by atoms with van der Waals surface area (Å²) in [5.41, 5.74) is 2.34. The van der Waals surface area contributed by atoms with Gasteiger partial charge in [0.2, 0.25) is 18.6 Å². The molecule has 3 aliphatic rings. The van der Waals surface area contributed by atoms with Crippen molar-refractivity contribution >= 4 is 34.5 Å². The maximum atomic E-state index is 13.7. The molecule has 3 atom stereocenters. The summed E-state index contributed by atoms with van der Waals surface area (Å²) in [7, 11) is 0. The quantitative estimate of drug-likeness (QED) is 0.647. The smallest absolute Gasteiger partial charge is 0.253 e. The van der Waals surface area contributed by atoms with Gasteiger partial charge in [0.15, 0.2) is 11.5 Å². The third-order valence-corrected chi connectivity index (χ3v) is 7.06. The predicted molar refractivity (Wildman–Crippen MR) is 123 cm³/mol. The molecule has 6 rings (SSSR count). The van der Waals surface area contributed by atoms with E-state index < -0.39 is 6.04 Å². The van der Waals surface area contributed by atoms with E-state index in [9.17, 15) is 9.59 Å². The molecule has 0 unspecified atom stereocenters. The molecule has 2 amide bonds. The number of nitrogens with one attached hydrogen (secondary N) is 1. The Balaban J connectivity index is 1.31. The van der Waals surface area contributed by atoms with Gasteiger partial charge in [-0.15, -0.1) is 0 Å². The van der Waals surface area contributed by atoms with Crippen LogP contribution in [-0.2, 0) is 9.59 Å². The molecule has 1 saturated carbocycles. The first-order chi connectivity index (χ1) is 16.1. The third-order valence-electron chi connectivity index (χ3n) is 7.06. The lowest BCUT2D eigenvalue weighted by Crippen LogP contribution is -2.44. The number of para-hydroxylation sites is 2. The Bertz CT molecular complexity index is 1250.